The van der Waals surface area contributed by atoms with Crippen molar-refractivity contribution in [3.8, 4) is 10.4 Å². The summed E-state index contributed by atoms with van der Waals surface area (Å²) < 4.78 is 29.7. The summed E-state index contributed by atoms with van der Waals surface area (Å²) in [6.07, 6.45) is 5.46. The fraction of sp³-hybridized carbons (Fsp3) is 0.370. The van der Waals surface area contributed by atoms with Crippen LogP contribution in [0.3, 0.4) is 0 Å². The highest BCUT2D eigenvalue weighted by molar-refractivity contribution is 7.89. The Hall–Kier alpha value is -2.39. The molecule has 0 amide bonds. The van der Waals surface area contributed by atoms with Crippen LogP contribution in [0.15, 0.2) is 53.4 Å². The molecule has 2 aliphatic rings. The number of rotatable bonds is 4. The largest absolute Gasteiger partial charge is 0.477 e. The highest BCUT2D eigenvalue weighted by atomic mass is 35.5. The Morgan fingerprint density at radius 1 is 1.08 bits per heavy atom. The minimum Gasteiger partial charge on any atom is -0.477 e. The molecule has 1 fully saturated rings. The molecule has 0 radical (unpaired) electrons. The minimum absolute atomic E-state index is 0.173. The molecule has 36 heavy (non-hydrogen) atoms. The Balaban J connectivity index is 1.70. The van der Waals surface area contributed by atoms with Crippen molar-refractivity contribution in [2.45, 2.75) is 50.0 Å². The second-order valence-electron chi connectivity index (χ2n) is 9.66. The van der Waals surface area contributed by atoms with Crippen molar-refractivity contribution in [1.29, 1.82) is 0 Å². The molecular weight excluding hydrogens is 516 g/mol. The van der Waals surface area contributed by atoms with Crippen LogP contribution < -0.4 is 4.90 Å². The molecule has 1 aliphatic heterocycles. The number of sulfonamides is 1. The maximum Gasteiger partial charge on any atom is 0.346 e. The van der Waals surface area contributed by atoms with Crippen molar-refractivity contribution in [2.24, 2.45) is 5.92 Å². The summed E-state index contributed by atoms with van der Waals surface area (Å²) in [6.45, 7) is 2.27. The van der Waals surface area contributed by atoms with Gasteiger partial charge >= 0.3 is 5.97 Å². The molecular formula is C27H29ClN2O4S2. The van der Waals surface area contributed by atoms with Crippen LogP contribution in [0.25, 0.3) is 10.4 Å². The Bertz CT molecular complexity index is 1400. The summed E-state index contributed by atoms with van der Waals surface area (Å²) in [5.74, 6) is -0.723. The maximum absolute atomic E-state index is 14.1. The van der Waals surface area contributed by atoms with E-state index >= 15 is 0 Å². The van der Waals surface area contributed by atoms with Gasteiger partial charge in [0.2, 0.25) is 10.0 Å². The molecule has 0 spiro atoms. The lowest BCUT2D eigenvalue weighted by Gasteiger charge is -2.36. The van der Waals surface area contributed by atoms with Gasteiger partial charge in [0.05, 0.1) is 10.7 Å². The zero-order chi connectivity index (χ0) is 25.6. The molecule has 1 aliphatic carbocycles. The van der Waals surface area contributed by atoms with E-state index in [9.17, 15) is 18.3 Å². The number of para-hydroxylation sites is 1. The topological polar surface area (TPSA) is 77.9 Å². The van der Waals surface area contributed by atoms with Crippen molar-refractivity contribution >= 4 is 50.3 Å². The number of benzene rings is 2. The average Bonchev–Trinajstić information content (AvgIpc) is 3.23. The number of carboxylic acids is 1. The average molecular weight is 545 g/mol. The molecule has 2 heterocycles. The highest BCUT2D eigenvalue weighted by Gasteiger charge is 2.41. The Morgan fingerprint density at radius 2 is 1.78 bits per heavy atom. The zero-order valence-corrected chi connectivity index (χ0v) is 22.7. The van der Waals surface area contributed by atoms with E-state index in [4.69, 9.17) is 11.6 Å². The molecule has 6 nitrogen and oxygen atoms in total. The zero-order valence-electron chi connectivity index (χ0n) is 20.3. The van der Waals surface area contributed by atoms with Gasteiger partial charge in [-0.15, -0.1) is 11.3 Å². The van der Waals surface area contributed by atoms with E-state index in [0.29, 0.717) is 33.3 Å². The smallest absolute Gasteiger partial charge is 0.346 e. The number of aryl methyl sites for hydroxylation is 1. The predicted molar refractivity (Wildman–Crippen MR) is 145 cm³/mol. The van der Waals surface area contributed by atoms with Crippen molar-refractivity contribution < 1.29 is 18.3 Å². The van der Waals surface area contributed by atoms with Crippen LogP contribution in [-0.2, 0) is 10.0 Å². The number of hydrogen-bond donors (Lipinski definition) is 1. The first kappa shape index (κ1) is 25.3. The number of likely N-dealkylation sites (N-methyl/N-ethyl adjacent to an activating group) is 1. The van der Waals surface area contributed by atoms with Gasteiger partial charge in [0.25, 0.3) is 0 Å². The van der Waals surface area contributed by atoms with Gasteiger partial charge in [0.15, 0.2) is 0 Å². The first-order valence-electron chi connectivity index (χ1n) is 12.2. The SMILES string of the molecule is Cc1cc(-c2cc3c(cc2Cl)N(c2ccccc2)C[C@@H](C2CCCCC2)N(C)S3(=O)=O)sc1C(=O)O. The summed E-state index contributed by atoms with van der Waals surface area (Å²) in [5.41, 5.74) is 2.61. The van der Waals surface area contributed by atoms with Crippen LogP contribution in [0.4, 0.5) is 11.4 Å². The summed E-state index contributed by atoms with van der Waals surface area (Å²) in [6, 6.07) is 14.8. The van der Waals surface area contributed by atoms with Crippen LogP contribution in [0, 0.1) is 12.8 Å². The fourth-order valence-electron chi connectivity index (χ4n) is 5.53. The summed E-state index contributed by atoms with van der Waals surface area (Å²) in [7, 11) is -2.15. The molecule has 0 saturated heterocycles. The lowest BCUT2D eigenvalue weighted by Crippen LogP contribution is -2.46. The van der Waals surface area contributed by atoms with Gasteiger partial charge in [0.1, 0.15) is 9.77 Å². The quantitative estimate of drug-likeness (QED) is 0.391. The molecule has 1 N–H and O–H groups in total. The monoisotopic (exact) mass is 544 g/mol. The van der Waals surface area contributed by atoms with Crippen LogP contribution in [0.5, 0.6) is 0 Å². The predicted octanol–water partition coefficient (Wildman–Crippen LogP) is 6.80. The molecule has 0 unspecified atom stereocenters. The third kappa shape index (κ3) is 4.45. The highest BCUT2D eigenvalue weighted by Crippen LogP contribution is 2.45. The Labute approximate surface area is 221 Å². The van der Waals surface area contributed by atoms with Crippen molar-refractivity contribution in [3.05, 3.63) is 64.0 Å². The van der Waals surface area contributed by atoms with Gasteiger partial charge in [-0.25, -0.2) is 13.2 Å². The van der Waals surface area contributed by atoms with E-state index < -0.39 is 16.0 Å². The van der Waals surface area contributed by atoms with Crippen LogP contribution in [0.1, 0.15) is 47.3 Å². The van der Waals surface area contributed by atoms with Gasteiger partial charge in [0, 0.05) is 35.8 Å². The fourth-order valence-corrected chi connectivity index (χ4v) is 8.49. The first-order chi connectivity index (χ1) is 17.2. The van der Waals surface area contributed by atoms with Gasteiger partial charge < -0.3 is 10.0 Å². The van der Waals surface area contributed by atoms with Crippen molar-refractivity contribution in [1.82, 2.24) is 4.31 Å². The third-order valence-corrected chi connectivity index (χ3v) is 11.0. The lowest BCUT2D eigenvalue weighted by atomic mass is 9.83. The molecule has 190 valence electrons. The number of halogens is 1. The Kier molecular flexibility index (Phi) is 6.89. The molecule has 9 heteroatoms. The summed E-state index contributed by atoms with van der Waals surface area (Å²) in [5, 5.41) is 9.91. The van der Waals surface area contributed by atoms with E-state index in [-0.39, 0.29) is 21.7 Å². The number of thiophene rings is 1. The van der Waals surface area contributed by atoms with E-state index in [2.05, 4.69) is 4.90 Å². The molecule has 1 aromatic heterocycles. The van der Waals surface area contributed by atoms with E-state index in [1.807, 2.05) is 30.3 Å². The molecule has 2 aromatic carbocycles. The number of carboxylic acid groups (broad SMARTS) is 1. The standard InChI is InChI=1S/C27H29ClN2O4S2/c1-17-13-24(35-26(17)27(31)32)20-14-25-22(15-21(20)28)30(19-11-7-4-8-12-19)16-23(29(2)36(25,33)34)18-9-5-3-6-10-18/h4,7-8,11-15,18,23H,3,5-6,9-10,16H2,1-2H3,(H,31,32)/t23-/m0/s1. The van der Waals surface area contributed by atoms with Gasteiger partial charge in [-0.2, -0.15) is 4.31 Å². The number of aromatic carboxylic acids is 1. The number of hydrogen-bond acceptors (Lipinski definition) is 5. The number of nitrogens with zero attached hydrogens (tertiary/aromatic N) is 2. The number of anilines is 2. The molecule has 0 bridgehead atoms. The van der Waals surface area contributed by atoms with E-state index in [1.54, 1.807) is 36.5 Å². The summed E-state index contributed by atoms with van der Waals surface area (Å²) >= 11 is 7.89. The third-order valence-electron chi connectivity index (χ3n) is 7.47. The van der Waals surface area contributed by atoms with E-state index in [1.165, 1.54) is 6.42 Å². The lowest BCUT2D eigenvalue weighted by molar-refractivity contribution is 0.0701. The molecule has 1 atom stereocenters. The normalized spacial score (nSPS) is 20.6. The second-order valence-corrected chi connectivity index (χ2v) is 13.1. The van der Waals surface area contributed by atoms with Gasteiger partial charge in [-0.3, -0.25) is 0 Å². The van der Waals surface area contributed by atoms with Crippen molar-refractivity contribution in [3.63, 3.8) is 0 Å². The molecule has 5 rings (SSSR count). The van der Waals surface area contributed by atoms with Crippen molar-refractivity contribution in [2.75, 3.05) is 18.5 Å². The van der Waals surface area contributed by atoms with E-state index in [0.717, 1.165) is 42.7 Å². The van der Waals surface area contributed by atoms with Gasteiger partial charge in [-0.05, 0) is 61.6 Å². The van der Waals surface area contributed by atoms with Crippen LogP contribution >= 0.6 is 22.9 Å². The summed E-state index contributed by atoms with van der Waals surface area (Å²) in [4.78, 5) is 14.8. The maximum atomic E-state index is 14.1. The van der Waals surface area contributed by atoms with Crippen LogP contribution in [-0.4, -0.2) is 43.4 Å². The number of carbonyl (C=O) groups is 1. The number of fused-ring (bicyclic) bond motifs is 1. The Morgan fingerprint density at radius 3 is 2.42 bits per heavy atom. The second kappa shape index (κ2) is 9.82. The molecule has 1 saturated carbocycles. The minimum atomic E-state index is -3.84. The first-order valence-corrected chi connectivity index (χ1v) is 14.8. The molecule has 3 aromatic rings. The van der Waals surface area contributed by atoms with Crippen LogP contribution in [0.2, 0.25) is 5.02 Å². The van der Waals surface area contributed by atoms with Gasteiger partial charge in [-0.1, -0.05) is 49.1 Å².